The summed E-state index contributed by atoms with van der Waals surface area (Å²) in [5.41, 5.74) is 0.874. The number of nitrogens with zero attached hydrogens (tertiary/aromatic N) is 1. The minimum atomic E-state index is 0.399. The van der Waals surface area contributed by atoms with Gasteiger partial charge in [-0.25, -0.2) is 4.99 Å². The van der Waals surface area contributed by atoms with Gasteiger partial charge >= 0.3 is 0 Å². The summed E-state index contributed by atoms with van der Waals surface area (Å²) in [6.45, 7) is 3.79. The summed E-state index contributed by atoms with van der Waals surface area (Å²) >= 11 is 8.87. The minimum absolute atomic E-state index is 0.399. The Kier molecular flexibility index (Phi) is 4.73. The molecule has 58 valence electrons. The summed E-state index contributed by atoms with van der Waals surface area (Å²) in [5, 5.41) is 3.11. The van der Waals surface area contributed by atoms with Crippen LogP contribution in [0.25, 0.3) is 0 Å². The predicted octanol–water partition coefficient (Wildman–Crippen LogP) is 2.45. The Hall–Kier alpha value is -0.0200. The van der Waals surface area contributed by atoms with E-state index in [1.807, 2.05) is 13.8 Å². The topological polar surface area (TPSA) is 24.4 Å². The first-order valence-corrected chi connectivity index (χ1v) is 4.00. The molecule has 2 nitrogen and oxygen atoms in total. The molecule has 10 heavy (non-hydrogen) atoms. The third kappa shape index (κ3) is 3.90. The fraction of sp³-hybridized carbons (Fsp3) is 0.500. The first kappa shape index (κ1) is 9.98. The van der Waals surface area contributed by atoms with E-state index in [1.54, 1.807) is 7.05 Å². The third-order valence-corrected chi connectivity index (χ3v) is 1.82. The van der Waals surface area contributed by atoms with Crippen molar-refractivity contribution < 1.29 is 0 Å². The van der Waals surface area contributed by atoms with Crippen molar-refractivity contribution >= 4 is 32.8 Å². The second-order valence-electron chi connectivity index (χ2n) is 1.77. The zero-order valence-corrected chi connectivity index (χ0v) is 8.55. The first-order chi connectivity index (χ1) is 4.57. The Bertz CT molecular complexity index is 171. The molecule has 0 aromatic rings. The molecule has 0 fully saturated rings. The fourth-order valence-electron chi connectivity index (χ4n) is 0.280. The summed E-state index contributed by atoms with van der Waals surface area (Å²) in [5.74, 6) is 0. The Morgan fingerprint density at radius 2 is 2.00 bits per heavy atom. The van der Waals surface area contributed by atoms with E-state index in [4.69, 9.17) is 11.6 Å². The molecule has 0 spiro atoms. The number of aliphatic imine (C=N–C) groups is 1. The summed E-state index contributed by atoms with van der Waals surface area (Å²) < 4.78 is 0.987. The number of amidine groups is 1. The second kappa shape index (κ2) is 4.74. The molecule has 0 aliphatic rings. The van der Waals surface area contributed by atoms with E-state index in [1.165, 1.54) is 0 Å². The number of hydrogen-bond acceptors (Lipinski definition) is 1. The molecule has 0 bridgehead atoms. The average molecular weight is 226 g/mol. The lowest BCUT2D eigenvalue weighted by Crippen LogP contribution is -2.10. The van der Waals surface area contributed by atoms with Gasteiger partial charge in [0.15, 0.2) is 5.29 Å². The zero-order chi connectivity index (χ0) is 8.15. The van der Waals surface area contributed by atoms with E-state index >= 15 is 0 Å². The van der Waals surface area contributed by atoms with Gasteiger partial charge in [-0.3, -0.25) is 0 Å². The highest BCUT2D eigenvalue weighted by Crippen LogP contribution is 2.11. The zero-order valence-electron chi connectivity index (χ0n) is 6.20. The summed E-state index contributed by atoms with van der Waals surface area (Å²) in [6, 6.07) is 0. The molecule has 0 unspecified atom stereocenters. The maximum absolute atomic E-state index is 5.59. The second-order valence-corrected chi connectivity index (χ2v) is 3.32. The van der Waals surface area contributed by atoms with Gasteiger partial charge in [-0.15, -0.1) is 0 Å². The molecular formula is C6H10BrClN2. The molecule has 0 aliphatic heterocycles. The molecule has 0 amide bonds. The van der Waals surface area contributed by atoms with E-state index in [-0.39, 0.29) is 0 Å². The molecular weight excluding hydrogens is 215 g/mol. The average Bonchev–Trinajstić information content (AvgIpc) is 1.87. The van der Waals surface area contributed by atoms with E-state index in [2.05, 4.69) is 26.2 Å². The quantitative estimate of drug-likeness (QED) is 0.414. The van der Waals surface area contributed by atoms with Gasteiger partial charge in [0.1, 0.15) is 0 Å². The minimum Gasteiger partial charge on any atom is -0.363 e. The van der Waals surface area contributed by atoms with Crippen LogP contribution in [-0.4, -0.2) is 12.3 Å². The SMILES string of the molecule is CN/C(Cl)=N\C(C)=C(\C)Br. The van der Waals surface area contributed by atoms with Crippen molar-refractivity contribution in [1.82, 2.24) is 5.32 Å². The maximum Gasteiger partial charge on any atom is 0.195 e. The van der Waals surface area contributed by atoms with Gasteiger partial charge in [0.25, 0.3) is 0 Å². The smallest absolute Gasteiger partial charge is 0.195 e. The summed E-state index contributed by atoms with van der Waals surface area (Å²) in [7, 11) is 1.72. The normalized spacial score (nSPS) is 14.7. The van der Waals surface area contributed by atoms with Crippen LogP contribution < -0.4 is 5.32 Å². The molecule has 0 saturated carbocycles. The van der Waals surface area contributed by atoms with Gasteiger partial charge in [-0.1, -0.05) is 15.9 Å². The van der Waals surface area contributed by atoms with Crippen molar-refractivity contribution in [3.63, 3.8) is 0 Å². The lowest BCUT2D eigenvalue weighted by atomic mass is 10.5. The molecule has 0 aliphatic carbocycles. The molecule has 1 N–H and O–H groups in total. The fourth-order valence-corrected chi connectivity index (χ4v) is 0.496. The number of allylic oxidation sites excluding steroid dienone is 2. The van der Waals surface area contributed by atoms with Crippen LogP contribution in [0.15, 0.2) is 15.2 Å². The molecule has 0 radical (unpaired) electrons. The largest absolute Gasteiger partial charge is 0.363 e. The lowest BCUT2D eigenvalue weighted by molar-refractivity contribution is 1.16. The number of halogens is 2. The van der Waals surface area contributed by atoms with E-state index in [0.717, 1.165) is 10.2 Å². The molecule has 0 rings (SSSR count). The number of rotatable bonds is 1. The highest BCUT2D eigenvalue weighted by atomic mass is 79.9. The number of hydrogen-bond donors (Lipinski definition) is 1. The van der Waals surface area contributed by atoms with Gasteiger partial charge in [0.2, 0.25) is 0 Å². The van der Waals surface area contributed by atoms with Crippen molar-refractivity contribution in [2.45, 2.75) is 13.8 Å². The van der Waals surface area contributed by atoms with Crippen LogP contribution in [0, 0.1) is 0 Å². The standard InChI is InChI=1S/C6H10BrClN2/c1-4(7)5(2)10-6(8)9-3/h1-3H3,(H,9,10)/b5-4-. The molecule has 0 atom stereocenters. The highest BCUT2D eigenvalue weighted by Gasteiger charge is 1.91. The van der Waals surface area contributed by atoms with Crippen LogP contribution in [0.2, 0.25) is 0 Å². The Morgan fingerprint density at radius 3 is 2.30 bits per heavy atom. The van der Waals surface area contributed by atoms with E-state index in [9.17, 15) is 0 Å². The lowest BCUT2D eigenvalue weighted by Gasteiger charge is -1.96. The van der Waals surface area contributed by atoms with Gasteiger partial charge in [0.05, 0.1) is 5.70 Å². The summed E-state index contributed by atoms with van der Waals surface area (Å²) in [6.07, 6.45) is 0. The van der Waals surface area contributed by atoms with Gasteiger partial charge in [0, 0.05) is 11.5 Å². The van der Waals surface area contributed by atoms with Crippen LogP contribution in [0.3, 0.4) is 0 Å². The molecule has 0 heterocycles. The van der Waals surface area contributed by atoms with Crippen LogP contribution in [0.4, 0.5) is 0 Å². The molecule has 0 saturated heterocycles. The van der Waals surface area contributed by atoms with E-state index in [0.29, 0.717) is 5.29 Å². The molecule has 4 heteroatoms. The highest BCUT2D eigenvalue weighted by molar-refractivity contribution is 9.11. The molecule has 0 aromatic carbocycles. The number of nitrogens with one attached hydrogen (secondary N) is 1. The van der Waals surface area contributed by atoms with Crippen molar-refractivity contribution in [1.29, 1.82) is 0 Å². The van der Waals surface area contributed by atoms with Crippen molar-refractivity contribution in [2.24, 2.45) is 4.99 Å². The monoisotopic (exact) mass is 224 g/mol. The van der Waals surface area contributed by atoms with Crippen LogP contribution in [0.1, 0.15) is 13.8 Å². The molecule has 0 aromatic heterocycles. The van der Waals surface area contributed by atoms with Gasteiger partial charge in [-0.2, -0.15) is 0 Å². The Labute approximate surface area is 74.5 Å². The Balaban J connectivity index is 4.27. The van der Waals surface area contributed by atoms with Crippen LogP contribution in [-0.2, 0) is 0 Å². The van der Waals surface area contributed by atoms with Crippen molar-refractivity contribution in [3.8, 4) is 0 Å². The van der Waals surface area contributed by atoms with E-state index < -0.39 is 0 Å². The maximum atomic E-state index is 5.59. The third-order valence-electron chi connectivity index (χ3n) is 0.971. The van der Waals surface area contributed by atoms with Gasteiger partial charge in [-0.05, 0) is 25.4 Å². The Morgan fingerprint density at radius 1 is 1.50 bits per heavy atom. The predicted molar refractivity (Wildman–Crippen MR) is 49.6 cm³/mol. The van der Waals surface area contributed by atoms with Crippen molar-refractivity contribution in [2.75, 3.05) is 7.05 Å². The van der Waals surface area contributed by atoms with Crippen LogP contribution >= 0.6 is 27.5 Å². The van der Waals surface area contributed by atoms with Gasteiger partial charge < -0.3 is 5.32 Å². The van der Waals surface area contributed by atoms with Crippen LogP contribution in [0.5, 0.6) is 0 Å². The first-order valence-electron chi connectivity index (χ1n) is 2.83. The summed E-state index contributed by atoms with van der Waals surface area (Å²) in [4.78, 5) is 4.00. The van der Waals surface area contributed by atoms with Crippen molar-refractivity contribution in [3.05, 3.63) is 10.2 Å².